The summed E-state index contributed by atoms with van der Waals surface area (Å²) in [6.07, 6.45) is 0. The molecule has 0 aliphatic heterocycles. The van der Waals surface area contributed by atoms with Crippen molar-refractivity contribution in [2.24, 2.45) is 5.92 Å². The number of hydrogen-bond donors (Lipinski definition) is 0. The minimum absolute atomic E-state index is 0.339. The summed E-state index contributed by atoms with van der Waals surface area (Å²) in [4.78, 5) is 11.0. The van der Waals surface area contributed by atoms with Crippen molar-refractivity contribution in [3.8, 4) is 0 Å². The second kappa shape index (κ2) is 5.02. The summed E-state index contributed by atoms with van der Waals surface area (Å²) in [5.74, 6) is -0.764. The Labute approximate surface area is 77.9 Å². The predicted octanol–water partition coefficient (Wildman–Crippen LogP) is 2.48. The first-order valence-electron chi connectivity index (χ1n) is 3.66. The average molecular weight is 189 g/mol. The Bertz CT molecular complexity index is 233. The van der Waals surface area contributed by atoms with E-state index >= 15 is 0 Å². The summed E-state index contributed by atoms with van der Waals surface area (Å²) in [7, 11) is 1.34. The van der Waals surface area contributed by atoms with Gasteiger partial charge in [-0.25, -0.2) is 0 Å². The van der Waals surface area contributed by atoms with Crippen molar-refractivity contribution in [2.75, 3.05) is 7.11 Å². The molecular weight excluding hydrogens is 176 g/mol. The van der Waals surface area contributed by atoms with Gasteiger partial charge in [-0.1, -0.05) is 11.6 Å². The second-order valence-electron chi connectivity index (χ2n) is 2.72. The van der Waals surface area contributed by atoms with Crippen LogP contribution in [0.1, 0.15) is 20.8 Å². The first-order valence-corrected chi connectivity index (χ1v) is 4.04. The summed E-state index contributed by atoms with van der Waals surface area (Å²) in [6, 6.07) is 0. The molecule has 0 aromatic rings. The zero-order chi connectivity index (χ0) is 9.72. The third kappa shape index (κ3) is 3.61. The van der Waals surface area contributed by atoms with Gasteiger partial charge in [0.05, 0.1) is 18.1 Å². The van der Waals surface area contributed by atoms with Crippen molar-refractivity contribution in [3.63, 3.8) is 0 Å². The van der Waals surface area contributed by atoms with E-state index in [0.717, 1.165) is 5.57 Å². The molecule has 0 rings (SSSR count). The van der Waals surface area contributed by atoms with E-state index in [2.05, 4.69) is 10.5 Å². The molecule has 0 saturated carbocycles. The van der Waals surface area contributed by atoms with Gasteiger partial charge in [0.15, 0.2) is 0 Å². The molecule has 2 nitrogen and oxygen atoms in total. The largest absolute Gasteiger partial charge is 0.469 e. The van der Waals surface area contributed by atoms with Crippen LogP contribution in [0.15, 0.2) is 16.3 Å². The molecule has 0 fully saturated rings. The Morgan fingerprint density at radius 1 is 1.50 bits per heavy atom. The lowest BCUT2D eigenvalue weighted by Gasteiger charge is -2.04. The lowest BCUT2D eigenvalue weighted by atomic mass is 10.1. The van der Waals surface area contributed by atoms with Crippen LogP contribution < -0.4 is 0 Å². The second-order valence-corrected chi connectivity index (χ2v) is 3.12. The molecule has 0 saturated heterocycles. The normalized spacial score (nSPS) is 11.4. The van der Waals surface area contributed by atoms with Crippen molar-refractivity contribution >= 4 is 17.6 Å². The van der Waals surface area contributed by atoms with E-state index in [-0.39, 0.29) is 5.97 Å². The lowest BCUT2D eigenvalue weighted by Crippen LogP contribution is -2.12. The van der Waals surface area contributed by atoms with Gasteiger partial charge in [0.1, 0.15) is 0 Å². The molecule has 0 aliphatic rings. The summed E-state index contributed by atoms with van der Waals surface area (Å²) in [6.45, 7) is 5.42. The zero-order valence-corrected chi connectivity index (χ0v) is 8.53. The van der Waals surface area contributed by atoms with E-state index in [9.17, 15) is 4.79 Å². The van der Waals surface area contributed by atoms with E-state index in [0.29, 0.717) is 5.03 Å². The van der Waals surface area contributed by atoms with Crippen LogP contribution in [-0.4, -0.2) is 13.1 Å². The van der Waals surface area contributed by atoms with Crippen molar-refractivity contribution in [3.05, 3.63) is 16.3 Å². The molecular formula is C9H13ClO2. The molecule has 0 N–H and O–H groups in total. The fourth-order valence-electron chi connectivity index (χ4n) is 0.627. The number of carbonyl (C=O) groups excluding carboxylic acids is 1. The molecule has 1 atom stereocenters. The first-order chi connectivity index (χ1) is 5.49. The van der Waals surface area contributed by atoms with Gasteiger partial charge in [0, 0.05) is 0 Å². The summed E-state index contributed by atoms with van der Waals surface area (Å²) in [5.41, 5.74) is 3.80. The van der Waals surface area contributed by atoms with Crippen LogP contribution in [0.3, 0.4) is 0 Å². The Kier molecular flexibility index (Phi) is 4.72. The quantitative estimate of drug-likeness (QED) is 0.492. The van der Waals surface area contributed by atoms with Gasteiger partial charge in [0.2, 0.25) is 0 Å². The average Bonchev–Trinajstić information content (AvgIpc) is 2.00. The monoisotopic (exact) mass is 188 g/mol. The highest BCUT2D eigenvalue weighted by atomic mass is 35.5. The van der Waals surface area contributed by atoms with Gasteiger partial charge < -0.3 is 4.74 Å². The molecule has 0 bridgehead atoms. The summed E-state index contributed by atoms with van der Waals surface area (Å²) >= 11 is 5.78. The maximum atomic E-state index is 11.0. The molecule has 12 heavy (non-hydrogen) atoms. The van der Waals surface area contributed by atoms with Gasteiger partial charge in [-0.3, -0.25) is 4.79 Å². The smallest absolute Gasteiger partial charge is 0.314 e. The third-order valence-electron chi connectivity index (χ3n) is 1.30. The Balaban J connectivity index is 4.61. The van der Waals surface area contributed by atoms with Crippen LogP contribution in [-0.2, 0) is 9.53 Å². The molecule has 0 spiro atoms. The van der Waals surface area contributed by atoms with Crippen molar-refractivity contribution in [1.82, 2.24) is 0 Å². The van der Waals surface area contributed by atoms with Gasteiger partial charge in [-0.05, 0) is 26.3 Å². The molecule has 0 radical (unpaired) electrons. The summed E-state index contributed by atoms with van der Waals surface area (Å²) in [5, 5.41) is 0.391. The first kappa shape index (κ1) is 11.3. The van der Waals surface area contributed by atoms with Gasteiger partial charge in [-0.15, -0.1) is 5.73 Å². The molecule has 3 heteroatoms. The fourth-order valence-corrected chi connectivity index (χ4v) is 0.905. The van der Waals surface area contributed by atoms with Crippen LogP contribution in [0.2, 0.25) is 0 Å². The highest BCUT2D eigenvalue weighted by Crippen LogP contribution is 2.15. The van der Waals surface area contributed by atoms with E-state index < -0.39 is 5.92 Å². The van der Waals surface area contributed by atoms with Crippen LogP contribution in [0.5, 0.6) is 0 Å². The zero-order valence-electron chi connectivity index (χ0n) is 7.77. The van der Waals surface area contributed by atoms with Crippen LogP contribution in [0.4, 0.5) is 0 Å². The van der Waals surface area contributed by atoms with Crippen molar-refractivity contribution in [1.29, 1.82) is 0 Å². The highest BCUT2D eigenvalue weighted by molar-refractivity contribution is 6.31. The van der Waals surface area contributed by atoms with Gasteiger partial charge >= 0.3 is 5.97 Å². The number of halogens is 1. The van der Waals surface area contributed by atoms with Crippen LogP contribution >= 0.6 is 11.6 Å². The fraction of sp³-hybridized carbons (Fsp3) is 0.556. The van der Waals surface area contributed by atoms with E-state index in [1.165, 1.54) is 7.11 Å². The topological polar surface area (TPSA) is 26.3 Å². The van der Waals surface area contributed by atoms with Crippen LogP contribution in [0.25, 0.3) is 0 Å². The van der Waals surface area contributed by atoms with Crippen molar-refractivity contribution < 1.29 is 9.53 Å². The molecule has 0 aliphatic carbocycles. The molecule has 0 aromatic carbocycles. The number of esters is 1. The van der Waals surface area contributed by atoms with Crippen molar-refractivity contribution in [2.45, 2.75) is 20.8 Å². The third-order valence-corrected chi connectivity index (χ3v) is 1.73. The van der Waals surface area contributed by atoms with E-state index in [1.54, 1.807) is 6.92 Å². The number of hydrogen-bond acceptors (Lipinski definition) is 2. The Morgan fingerprint density at radius 3 is 2.33 bits per heavy atom. The highest BCUT2D eigenvalue weighted by Gasteiger charge is 2.15. The number of carbonyl (C=O) groups is 1. The molecule has 1 unspecified atom stereocenters. The van der Waals surface area contributed by atoms with Crippen LogP contribution in [0, 0.1) is 5.92 Å². The lowest BCUT2D eigenvalue weighted by molar-refractivity contribution is -0.143. The maximum absolute atomic E-state index is 11.0. The number of ether oxygens (including phenoxy) is 1. The molecule has 0 amide bonds. The maximum Gasteiger partial charge on any atom is 0.314 e. The Morgan fingerprint density at radius 2 is 2.00 bits per heavy atom. The SMILES string of the molecule is COC(=O)C(C)C(Cl)=C=C(C)C. The molecule has 0 aromatic heterocycles. The predicted molar refractivity (Wildman–Crippen MR) is 48.9 cm³/mol. The summed E-state index contributed by atoms with van der Waals surface area (Å²) < 4.78 is 4.52. The van der Waals surface area contributed by atoms with Gasteiger partial charge in [0.25, 0.3) is 0 Å². The van der Waals surface area contributed by atoms with Gasteiger partial charge in [-0.2, -0.15) is 0 Å². The Hall–Kier alpha value is -0.720. The number of rotatable bonds is 2. The standard InChI is InChI=1S/C9H13ClO2/c1-6(2)5-8(10)7(3)9(11)12-4/h7H,1-4H3. The minimum atomic E-state index is -0.424. The molecule has 0 heterocycles. The van der Waals surface area contributed by atoms with E-state index in [4.69, 9.17) is 11.6 Å². The van der Waals surface area contributed by atoms with E-state index in [1.807, 2.05) is 13.8 Å². The molecule has 68 valence electrons. The number of methoxy groups -OCH3 is 1. The minimum Gasteiger partial charge on any atom is -0.469 e.